The molecule has 27 heavy (non-hydrogen) atoms. The van der Waals surface area contributed by atoms with Crippen LogP contribution in [0.3, 0.4) is 0 Å². The normalized spacial score (nSPS) is 17.9. The van der Waals surface area contributed by atoms with E-state index < -0.39 is 0 Å². The summed E-state index contributed by atoms with van der Waals surface area (Å²) in [7, 11) is 0. The minimum atomic E-state index is -0.373. The number of hydrogen-bond acceptors (Lipinski definition) is 5. The molecule has 1 N–H and O–H groups in total. The van der Waals surface area contributed by atoms with Crippen molar-refractivity contribution in [1.29, 1.82) is 0 Å². The fourth-order valence-electron chi connectivity index (χ4n) is 3.63. The van der Waals surface area contributed by atoms with Crippen molar-refractivity contribution in [3.63, 3.8) is 0 Å². The fourth-order valence-corrected chi connectivity index (χ4v) is 3.63. The van der Waals surface area contributed by atoms with Crippen molar-refractivity contribution in [2.24, 2.45) is 10.2 Å². The van der Waals surface area contributed by atoms with Gasteiger partial charge in [0.25, 0.3) is 5.91 Å². The molecule has 0 unspecified atom stereocenters. The molecule has 0 bridgehead atoms. The number of rotatable bonds is 8. The Morgan fingerprint density at radius 3 is 2.85 bits per heavy atom. The van der Waals surface area contributed by atoms with Crippen molar-refractivity contribution in [1.82, 2.24) is 19.6 Å². The van der Waals surface area contributed by atoms with Crippen LogP contribution in [0.4, 0.5) is 0 Å². The van der Waals surface area contributed by atoms with E-state index in [-0.39, 0.29) is 11.6 Å². The Morgan fingerprint density at radius 1 is 1.30 bits per heavy atom. The average molecular weight is 364 g/mol. The summed E-state index contributed by atoms with van der Waals surface area (Å²) in [5.41, 5.74) is 1.92. The Bertz CT molecular complexity index is 897. The molecular formula is C20H24N6O. The van der Waals surface area contributed by atoms with Crippen LogP contribution in [0.25, 0.3) is 5.65 Å². The minimum absolute atomic E-state index is 0.119. The van der Waals surface area contributed by atoms with Crippen molar-refractivity contribution >= 4 is 11.6 Å². The van der Waals surface area contributed by atoms with Gasteiger partial charge in [-0.15, -0.1) is 12.3 Å². The SMILES string of the molecule is C#CCCC1(CCNC(=O)c2cccn3cc(CN4CCCC4)nc23)N=N1. The molecule has 7 heteroatoms. The zero-order chi connectivity index (χ0) is 18.7. The van der Waals surface area contributed by atoms with Gasteiger partial charge < -0.3 is 9.72 Å². The molecule has 2 aromatic rings. The molecule has 2 aliphatic rings. The number of imidazole rings is 1. The van der Waals surface area contributed by atoms with Crippen molar-refractivity contribution in [3.05, 3.63) is 35.8 Å². The topological polar surface area (TPSA) is 74.4 Å². The average Bonchev–Trinajstić information content (AvgIpc) is 3.06. The highest BCUT2D eigenvalue weighted by atomic mass is 16.1. The molecule has 2 aliphatic heterocycles. The second-order valence-electron chi connectivity index (χ2n) is 7.26. The summed E-state index contributed by atoms with van der Waals surface area (Å²) < 4.78 is 1.93. The number of fused-ring (bicyclic) bond motifs is 1. The van der Waals surface area contributed by atoms with Gasteiger partial charge in [0.1, 0.15) is 5.65 Å². The zero-order valence-electron chi connectivity index (χ0n) is 15.4. The second kappa shape index (κ2) is 7.49. The van der Waals surface area contributed by atoms with Gasteiger partial charge >= 0.3 is 0 Å². The Morgan fingerprint density at radius 2 is 2.11 bits per heavy atom. The van der Waals surface area contributed by atoms with Crippen LogP contribution < -0.4 is 5.32 Å². The molecule has 0 saturated carbocycles. The molecule has 1 saturated heterocycles. The molecule has 7 nitrogen and oxygen atoms in total. The quantitative estimate of drug-likeness (QED) is 0.732. The number of terminal acetylenes is 1. The smallest absolute Gasteiger partial charge is 0.255 e. The van der Waals surface area contributed by atoms with Gasteiger partial charge in [-0.1, -0.05) is 0 Å². The highest BCUT2D eigenvalue weighted by molar-refractivity contribution is 5.99. The lowest BCUT2D eigenvalue weighted by molar-refractivity contribution is 0.0953. The summed E-state index contributed by atoms with van der Waals surface area (Å²) in [5.74, 6) is 2.50. The molecule has 4 rings (SSSR count). The second-order valence-corrected chi connectivity index (χ2v) is 7.26. The monoisotopic (exact) mass is 364 g/mol. The van der Waals surface area contributed by atoms with Crippen molar-refractivity contribution in [2.75, 3.05) is 19.6 Å². The minimum Gasteiger partial charge on any atom is -0.352 e. The standard InChI is InChI=1S/C20H24N6O/c1-2-3-8-20(23-24-20)9-10-21-19(27)17-7-6-13-26-15-16(22-18(17)26)14-25-11-4-5-12-25/h1,6-7,13,15H,3-5,8-12,14H2,(H,21,27). The van der Waals surface area contributed by atoms with Crippen LogP contribution >= 0.6 is 0 Å². The molecular weight excluding hydrogens is 340 g/mol. The summed E-state index contributed by atoms with van der Waals surface area (Å²) >= 11 is 0. The Labute approximate surface area is 158 Å². The first-order chi connectivity index (χ1) is 13.2. The lowest BCUT2D eigenvalue weighted by Crippen LogP contribution is -2.28. The van der Waals surface area contributed by atoms with E-state index in [4.69, 9.17) is 11.4 Å². The summed E-state index contributed by atoms with van der Waals surface area (Å²) in [4.78, 5) is 19.8. The van der Waals surface area contributed by atoms with E-state index in [9.17, 15) is 4.79 Å². The maximum atomic E-state index is 12.7. The molecule has 1 fully saturated rings. The summed E-state index contributed by atoms with van der Waals surface area (Å²) in [5, 5.41) is 11.2. The van der Waals surface area contributed by atoms with Crippen molar-refractivity contribution in [2.45, 2.75) is 44.3 Å². The summed E-state index contributed by atoms with van der Waals surface area (Å²) in [6.45, 7) is 3.60. The number of carbonyl (C=O) groups excluding carboxylic acids is 1. The predicted octanol–water partition coefficient (Wildman–Crippen LogP) is 2.63. The number of aromatic nitrogens is 2. The Kier molecular flexibility index (Phi) is 4.90. The van der Waals surface area contributed by atoms with Gasteiger partial charge in [0.15, 0.2) is 5.66 Å². The first kappa shape index (κ1) is 17.7. The van der Waals surface area contributed by atoms with Crippen LogP contribution in [0.1, 0.15) is 48.2 Å². The lowest BCUT2D eigenvalue weighted by atomic mass is 10.0. The van der Waals surface area contributed by atoms with Crippen molar-refractivity contribution < 1.29 is 4.79 Å². The number of amides is 1. The van der Waals surface area contributed by atoms with Gasteiger partial charge in [-0.3, -0.25) is 9.69 Å². The number of pyridine rings is 1. The number of nitrogens with zero attached hydrogens (tertiary/aromatic N) is 5. The molecule has 1 amide bonds. The highest BCUT2D eigenvalue weighted by Crippen LogP contribution is 2.36. The lowest BCUT2D eigenvalue weighted by Gasteiger charge is -2.11. The van der Waals surface area contributed by atoms with E-state index in [0.717, 1.165) is 31.7 Å². The number of carbonyl (C=O) groups is 1. The third kappa shape index (κ3) is 4.01. The van der Waals surface area contributed by atoms with E-state index in [2.05, 4.69) is 26.4 Å². The number of nitrogens with one attached hydrogen (secondary N) is 1. The molecule has 2 aromatic heterocycles. The third-order valence-electron chi connectivity index (χ3n) is 5.23. The van der Waals surface area contributed by atoms with Gasteiger partial charge in [0.2, 0.25) is 0 Å². The molecule has 0 atom stereocenters. The summed E-state index contributed by atoms with van der Waals surface area (Å²) in [6, 6.07) is 3.69. The van der Waals surface area contributed by atoms with Crippen LogP contribution in [0, 0.1) is 12.3 Å². The van der Waals surface area contributed by atoms with E-state index >= 15 is 0 Å². The van der Waals surface area contributed by atoms with Gasteiger partial charge in [0, 0.05) is 44.7 Å². The summed E-state index contributed by atoms with van der Waals surface area (Å²) in [6.07, 6.45) is 13.8. The molecule has 140 valence electrons. The predicted molar refractivity (Wildman–Crippen MR) is 102 cm³/mol. The van der Waals surface area contributed by atoms with E-state index in [1.807, 2.05) is 28.9 Å². The molecule has 4 heterocycles. The maximum Gasteiger partial charge on any atom is 0.255 e. The van der Waals surface area contributed by atoms with Crippen LogP contribution in [0.15, 0.2) is 34.8 Å². The van der Waals surface area contributed by atoms with Crippen LogP contribution in [0.2, 0.25) is 0 Å². The molecule has 0 spiro atoms. The first-order valence-electron chi connectivity index (χ1n) is 9.54. The fraction of sp³-hybridized carbons (Fsp3) is 0.500. The van der Waals surface area contributed by atoms with E-state index in [0.29, 0.717) is 30.6 Å². The van der Waals surface area contributed by atoms with Crippen LogP contribution in [-0.2, 0) is 6.54 Å². The van der Waals surface area contributed by atoms with Crippen LogP contribution in [0.5, 0.6) is 0 Å². The Hall–Kier alpha value is -2.72. The Balaban J connectivity index is 1.39. The van der Waals surface area contributed by atoms with Gasteiger partial charge in [-0.05, 0) is 38.1 Å². The first-order valence-corrected chi connectivity index (χ1v) is 9.54. The van der Waals surface area contributed by atoms with Gasteiger partial charge in [-0.25, -0.2) is 4.98 Å². The molecule has 0 aromatic carbocycles. The highest BCUT2D eigenvalue weighted by Gasteiger charge is 2.38. The molecule has 0 aliphatic carbocycles. The largest absolute Gasteiger partial charge is 0.352 e. The zero-order valence-corrected chi connectivity index (χ0v) is 15.4. The maximum absolute atomic E-state index is 12.7. The molecule has 0 radical (unpaired) electrons. The van der Waals surface area contributed by atoms with Crippen molar-refractivity contribution in [3.8, 4) is 12.3 Å². The number of likely N-dealkylation sites (tertiary alicyclic amines) is 1. The van der Waals surface area contributed by atoms with E-state index in [1.54, 1.807) is 0 Å². The van der Waals surface area contributed by atoms with Gasteiger partial charge in [-0.2, -0.15) is 10.2 Å². The van der Waals surface area contributed by atoms with Crippen LogP contribution in [-0.4, -0.2) is 45.5 Å². The number of hydrogen-bond donors (Lipinski definition) is 1. The van der Waals surface area contributed by atoms with E-state index in [1.165, 1.54) is 12.8 Å². The third-order valence-corrected chi connectivity index (χ3v) is 5.23. The van der Waals surface area contributed by atoms with Gasteiger partial charge in [0.05, 0.1) is 11.3 Å².